The second-order valence-electron chi connectivity index (χ2n) is 6.86. The predicted molar refractivity (Wildman–Crippen MR) is 117 cm³/mol. The van der Waals surface area contributed by atoms with Gasteiger partial charge < -0.3 is 10.6 Å². The van der Waals surface area contributed by atoms with E-state index in [0.29, 0.717) is 23.9 Å². The summed E-state index contributed by atoms with van der Waals surface area (Å²) in [6, 6.07) is 23.0. The molecule has 0 spiro atoms. The molecule has 6 nitrogen and oxygen atoms in total. The second-order valence-corrected chi connectivity index (χ2v) is 6.86. The fourth-order valence-corrected chi connectivity index (χ4v) is 2.90. The molecule has 2 N–H and O–H groups in total. The molecule has 0 aliphatic heterocycles. The first-order valence-electron chi connectivity index (χ1n) is 9.63. The molecule has 0 aliphatic carbocycles. The van der Waals surface area contributed by atoms with Crippen molar-refractivity contribution in [2.24, 2.45) is 0 Å². The molecule has 2 heterocycles. The zero-order valence-electron chi connectivity index (χ0n) is 16.5. The van der Waals surface area contributed by atoms with Crippen LogP contribution >= 0.6 is 0 Å². The first-order chi connectivity index (χ1) is 14.7. The Bertz CT molecular complexity index is 1130. The first kappa shape index (κ1) is 19.3. The average molecular weight is 395 g/mol. The number of amides is 1. The second kappa shape index (κ2) is 8.96. The molecule has 0 unspecified atom stereocenters. The molecule has 0 saturated carbocycles. The minimum absolute atomic E-state index is 0.273. The Morgan fingerprint density at radius 1 is 0.933 bits per heavy atom. The first-order valence-corrected chi connectivity index (χ1v) is 9.63. The highest BCUT2D eigenvalue weighted by atomic mass is 16.1. The summed E-state index contributed by atoms with van der Waals surface area (Å²) in [5, 5.41) is 6.16. The summed E-state index contributed by atoms with van der Waals surface area (Å²) < 4.78 is 0. The van der Waals surface area contributed by atoms with Gasteiger partial charge in [0.2, 0.25) is 0 Å². The third-order valence-electron chi connectivity index (χ3n) is 4.49. The van der Waals surface area contributed by atoms with Gasteiger partial charge in [-0.2, -0.15) is 0 Å². The van der Waals surface area contributed by atoms with Gasteiger partial charge in [-0.15, -0.1) is 0 Å². The van der Waals surface area contributed by atoms with Crippen LogP contribution in [0.1, 0.15) is 21.6 Å². The number of anilines is 2. The number of carbonyl (C=O) groups excluding carboxylic acids is 1. The van der Waals surface area contributed by atoms with Gasteiger partial charge in [0, 0.05) is 36.3 Å². The number of nitrogens with one attached hydrogen (secondary N) is 2. The molecule has 2 aromatic heterocycles. The molecule has 4 aromatic rings. The lowest BCUT2D eigenvalue weighted by atomic mass is 10.2. The molecule has 0 fully saturated rings. The number of benzene rings is 2. The number of hydrogen-bond acceptors (Lipinski definition) is 5. The lowest BCUT2D eigenvalue weighted by Crippen LogP contribution is -2.24. The predicted octanol–water partition coefficient (Wildman–Crippen LogP) is 4.52. The maximum Gasteiger partial charge on any atom is 0.270 e. The van der Waals surface area contributed by atoms with Crippen molar-refractivity contribution in [3.8, 4) is 11.4 Å². The van der Waals surface area contributed by atoms with Crippen LogP contribution in [0.2, 0.25) is 0 Å². The smallest absolute Gasteiger partial charge is 0.270 e. The molecule has 0 bridgehead atoms. The molecule has 2 aromatic carbocycles. The normalized spacial score (nSPS) is 10.4. The van der Waals surface area contributed by atoms with Gasteiger partial charge in [-0.3, -0.25) is 9.78 Å². The molecule has 30 heavy (non-hydrogen) atoms. The standard InChI is InChI=1S/C24H21N5O/c1-17-9-11-20(12-10-17)27-22-14-21(24(30)26-16-18-6-5-13-25-15-18)28-23(29-22)19-7-3-2-4-8-19/h2-15H,16H2,1H3,(H,26,30)(H,27,28,29). The quantitative estimate of drug-likeness (QED) is 0.502. The van der Waals surface area contributed by atoms with E-state index in [2.05, 4.69) is 25.6 Å². The number of carbonyl (C=O) groups is 1. The Labute approximate surface area is 175 Å². The Morgan fingerprint density at radius 2 is 1.73 bits per heavy atom. The van der Waals surface area contributed by atoms with Gasteiger partial charge in [-0.05, 0) is 30.7 Å². The number of aromatic nitrogens is 3. The van der Waals surface area contributed by atoms with Crippen molar-refractivity contribution in [2.45, 2.75) is 13.5 Å². The van der Waals surface area contributed by atoms with Crippen LogP contribution in [0.25, 0.3) is 11.4 Å². The monoisotopic (exact) mass is 395 g/mol. The molecule has 0 atom stereocenters. The van der Waals surface area contributed by atoms with Crippen molar-refractivity contribution < 1.29 is 4.79 Å². The van der Waals surface area contributed by atoms with Crippen LogP contribution in [0.4, 0.5) is 11.5 Å². The van der Waals surface area contributed by atoms with Gasteiger partial charge in [-0.25, -0.2) is 9.97 Å². The minimum atomic E-state index is -0.273. The van der Waals surface area contributed by atoms with E-state index in [1.165, 1.54) is 5.56 Å². The van der Waals surface area contributed by atoms with Gasteiger partial charge in [0.15, 0.2) is 5.82 Å². The summed E-state index contributed by atoms with van der Waals surface area (Å²) in [7, 11) is 0. The Morgan fingerprint density at radius 3 is 2.47 bits per heavy atom. The zero-order chi connectivity index (χ0) is 20.8. The van der Waals surface area contributed by atoms with Crippen LogP contribution in [-0.2, 0) is 6.54 Å². The molecular formula is C24H21N5O. The van der Waals surface area contributed by atoms with E-state index in [0.717, 1.165) is 16.8 Å². The van der Waals surface area contributed by atoms with E-state index in [-0.39, 0.29) is 5.91 Å². The number of nitrogens with zero attached hydrogens (tertiary/aromatic N) is 3. The van der Waals surface area contributed by atoms with Crippen LogP contribution < -0.4 is 10.6 Å². The highest BCUT2D eigenvalue weighted by molar-refractivity contribution is 5.93. The van der Waals surface area contributed by atoms with Crippen LogP contribution in [0.5, 0.6) is 0 Å². The van der Waals surface area contributed by atoms with E-state index < -0.39 is 0 Å². The van der Waals surface area contributed by atoms with Crippen molar-refractivity contribution in [2.75, 3.05) is 5.32 Å². The lowest BCUT2D eigenvalue weighted by Gasteiger charge is -2.11. The van der Waals surface area contributed by atoms with Crippen LogP contribution in [0.15, 0.2) is 85.2 Å². The van der Waals surface area contributed by atoms with Crippen LogP contribution in [0, 0.1) is 6.92 Å². The molecule has 1 amide bonds. The molecule has 0 saturated heterocycles. The number of pyridine rings is 1. The lowest BCUT2D eigenvalue weighted by molar-refractivity contribution is 0.0946. The summed E-state index contributed by atoms with van der Waals surface area (Å²) in [4.78, 5) is 26.0. The van der Waals surface area contributed by atoms with E-state index in [4.69, 9.17) is 0 Å². The van der Waals surface area contributed by atoms with Gasteiger partial charge in [0.05, 0.1) is 0 Å². The van der Waals surface area contributed by atoms with Gasteiger partial charge in [-0.1, -0.05) is 54.1 Å². The largest absolute Gasteiger partial charge is 0.347 e. The Hall–Kier alpha value is -4.06. The summed E-state index contributed by atoms with van der Waals surface area (Å²) >= 11 is 0. The van der Waals surface area contributed by atoms with Crippen molar-refractivity contribution in [1.82, 2.24) is 20.3 Å². The summed E-state index contributed by atoms with van der Waals surface area (Å²) in [6.45, 7) is 2.41. The maximum atomic E-state index is 12.8. The van der Waals surface area contributed by atoms with E-state index in [1.807, 2.05) is 73.7 Å². The number of rotatable bonds is 6. The van der Waals surface area contributed by atoms with Gasteiger partial charge in [0.1, 0.15) is 11.5 Å². The molecule has 0 radical (unpaired) electrons. The summed E-state index contributed by atoms with van der Waals surface area (Å²) in [6.07, 6.45) is 3.42. The fraction of sp³-hybridized carbons (Fsp3) is 0.0833. The molecule has 148 valence electrons. The third-order valence-corrected chi connectivity index (χ3v) is 4.49. The van der Waals surface area contributed by atoms with E-state index >= 15 is 0 Å². The number of aryl methyl sites for hydroxylation is 1. The number of hydrogen-bond donors (Lipinski definition) is 2. The molecule has 0 aliphatic rings. The topological polar surface area (TPSA) is 79.8 Å². The maximum absolute atomic E-state index is 12.8. The van der Waals surface area contributed by atoms with Crippen molar-refractivity contribution in [1.29, 1.82) is 0 Å². The van der Waals surface area contributed by atoms with E-state index in [9.17, 15) is 4.79 Å². The van der Waals surface area contributed by atoms with Crippen molar-refractivity contribution >= 4 is 17.4 Å². The molecular weight excluding hydrogens is 374 g/mol. The van der Waals surface area contributed by atoms with Gasteiger partial charge >= 0.3 is 0 Å². The fourth-order valence-electron chi connectivity index (χ4n) is 2.90. The summed E-state index contributed by atoms with van der Waals surface area (Å²) in [5.74, 6) is 0.767. The van der Waals surface area contributed by atoms with Crippen molar-refractivity contribution in [3.63, 3.8) is 0 Å². The van der Waals surface area contributed by atoms with Crippen LogP contribution in [0.3, 0.4) is 0 Å². The van der Waals surface area contributed by atoms with E-state index in [1.54, 1.807) is 18.5 Å². The molecule has 4 rings (SSSR count). The summed E-state index contributed by atoms with van der Waals surface area (Å²) in [5.41, 5.74) is 4.11. The Kier molecular flexibility index (Phi) is 5.75. The zero-order valence-corrected chi connectivity index (χ0v) is 16.5. The highest BCUT2D eigenvalue weighted by Gasteiger charge is 2.13. The third kappa shape index (κ3) is 4.86. The Balaban J connectivity index is 1.62. The minimum Gasteiger partial charge on any atom is -0.347 e. The van der Waals surface area contributed by atoms with Gasteiger partial charge in [0.25, 0.3) is 5.91 Å². The van der Waals surface area contributed by atoms with Crippen LogP contribution in [-0.4, -0.2) is 20.9 Å². The SMILES string of the molecule is Cc1ccc(Nc2cc(C(=O)NCc3cccnc3)nc(-c3ccccc3)n2)cc1. The highest BCUT2D eigenvalue weighted by Crippen LogP contribution is 2.21. The molecule has 6 heteroatoms. The van der Waals surface area contributed by atoms with Crippen molar-refractivity contribution in [3.05, 3.63) is 102 Å². The average Bonchev–Trinajstić information content (AvgIpc) is 2.80.